The SMILES string of the molecule is CCc1ccc(OCc2c(CC(=O)NC)cccc2OC)c(CC)c1. The van der Waals surface area contributed by atoms with Crippen LogP contribution in [0.15, 0.2) is 36.4 Å². The van der Waals surface area contributed by atoms with Gasteiger partial charge >= 0.3 is 0 Å². The van der Waals surface area contributed by atoms with Gasteiger partial charge in [-0.3, -0.25) is 4.79 Å². The van der Waals surface area contributed by atoms with Gasteiger partial charge in [0.1, 0.15) is 18.1 Å². The van der Waals surface area contributed by atoms with Crippen LogP contribution in [0.1, 0.15) is 36.1 Å². The smallest absolute Gasteiger partial charge is 0.224 e. The van der Waals surface area contributed by atoms with E-state index in [2.05, 4.69) is 31.3 Å². The summed E-state index contributed by atoms with van der Waals surface area (Å²) in [6.45, 7) is 4.64. The molecule has 0 aliphatic heterocycles. The lowest BCUT2D eigenvalue weighted by Gasteiger charge is -2.16. The maximum absolute atomic E-state index is 11.8. The average Bonchev–Trinajstić information content (AvgIpc) is 2.66. The number of methoxy groups -OCH3 is 1. The summed E-state index contributed by atoms with van der Waals surface area (Å²) in [5, 5.41) is 2.66. The molecule has 0 aliphatic carbocycles. The van der Waals surface area contributed by atoms with Crippen molar-refractivity contribution in [2.24, 2.45) is 0 Å². The Morgan fingerprint density at radius 1 is 1.04 bits per heavy atom. The number of nitrogens with one attached hydrogen (secondary N) is 1. The van der Waals surface area contributed by atoms with E-state index in [1.54, 1.807) is 14.2 Å². The van der Waals surface area contributed by atoms with Gasteiger partial charge in [-0.25, -0.2) is 0 Å². The molecule has 1 N–H and O–H groups in total. The Balaban J connectivity index is 2.26. The number of aryl methyl sites for hydroxylation is 2. The standard InChI is InChI=1S/C21H27NO3/c1-5-15-10-11-19(16(6-2)12-15)25-14-18-17(13-21(23)22-3)8-7-9-20(18)24-4/h7-12H,5-6,13-14H2,1-4H3,(H,22,23). The summed E-state index contributed by atoms with van der Waals surface area (Å²) in [7, 11) is 3.28. The maximum Gasteiger partial charge on any atom is 0.224 e. The molecular weight excluding hydrogens is 314 g/mol. The number of carbonyl (C=O) groups excluding carboxylic acids is 1. The second-order valence-electron chi connectivity index (χ2n) is 5.89. The molecule has 0 bridgehead atoms. The fourth-order valence-electron chi connectivity index (χ4n) is 2.81. The average molecular weight is 341 g/mol. The van der Waals surface area contributed by atoms with Crippen LogP contribution in [0.3, 0.4) is 0 Å². The first-order valence-electron chi connectivity index (χ1n) is 8.72. The molecule has 2 rings (SSSR count). The predicted octanol–water partition coefficient (Wildman–Crippen LogP) is 3.69. The van der Waals surface area contributed by atoms with Crippen molar-refractivity contribution < 1.29 is 14.3 Å². The summed E-state index contributed by atoms with van der Waals surface area (Å²) in [6, 6.07) is 12.1. The van der Waals surface area contributed by atoms with Crippen LogP contribution in [0.25, 0.3) is 0 Å². The highest BCUT2D eigenvalue weighted by Gasteiger charge is 2.13. The van der Waals surface area contributed by atoms with Gasteiger partial charge in [0, 0.05) is 12.6 Å². The van der Waals surface area contributed by atoms with E-state index in [0.29, 0.717) is 13.0 Å². The minimum atomic E-state index is -0.0314. The van der Waals surface area contributed by atoms with Crippen molar-refractivity contribution in [2.45, 2.75) is 39.7 Å². The zero-order chi connectivity index (χ0) is 18.2. The number of rotatable bonds is 8. The van der Waals surface area contributed by atoms with E-state index in [0.717, 1.165) is 35.5 Å². The molecular formula is C21H27NO3. The molecule has 0 saturated carbocycles. The van der Waals surface area contributed by atoms with Gasteiger partial charge in [-0.05, 0) is 41.7 Å². The quantitative estimate of drug-likeness (QED) is 0.797. The predicted molar refractivity (Wildman–Crippen MR) is 100 cm³/mol. The van der Waals surface area contributed by atoms with Gasteiger partial charge in [0.15, 0.2) is 0 Å². The molecule has 2 aromatic carbocycles. The molecule has 0 spiro atoms. The van der Waals surface area contributed by atoms with Gasteiger partial charge in [-0.1, -0.05) is 38.1 Å². The van der Waals surface area contributed by atoms with Crippen LogP contribution in [0, 0.1) is 0 Å². The van der Waals surface area contributed by atoms with Gasteiger partial charge in [-0.15, -0.1) is 0 Å². The molecule has 4 heteroatoms. The number of amides is 1. The molecule has 0 fully saturated rings. The zero-order valence-electron chi connectivity index (χ0n) is 15.5. The topological polar surface area (TPSA) is 47.6 Å². The van der Waals surface area contributed by atoms with Crippen LogP contribution in [-0.4, -0.2) is 20.1 Å². The van der Waals surface area contributed by atoms with Gasteiger partial charge in [0.25, 0.3) is 0 Å². The summed E-state index contributed by atoms with van der Waals surface area (Å²) in [5.74, 6) is 1.59. The van der Waals surface area contributed by atoms with E-state index < -0.39 is 0 Å². The van der Waals surface area contributed by atoms with E-state index in [-0.39, 0.29) is 5.91 Å². The third kappa shape index (κ3) is 4.75. The van der Waals surface area contributed by atoms with Gasteiger partial charge in [0.05, 0.1) is 13.5 Å². The number of carbonyl (C=O) groups is 1. The first kappa shape index (κ1) is 18.8. The molecule has 2 aromatic rings. The molecule has 25 heavy (non-hydrogen) atoms. The Labute approximate surface area is 150 Å². The molecule has 134 valence electrons. The summed E-state index contributed by atoms with van der Waals surface area (Å²) in [6.07, 6.45) is 2.23. The fraction of sp³-hybridized carbons (Fsp3) is 0.381. The lowest BCUT2D eigenvalue weighted by Crippen LogP contribution is -2.21. The fourth-order valence-corrected chi connectivity index (χ4v) is 2.81. The zero-order valence-corrected chi connectivity index (χ0v) is 15.5. The van der Waals surface area contributed by atoms with Gasteiger partial charge in [0.2, 0.25) is 5.91 Å². The van der Waals surface area contributed by atoms with Crippen molar-refractivity contribution in [3.8, 4) is 11.5 Å². The Bertz CT molecular complexity index is 725. The number of ether oxygens (including phenoxy) is 2. The third-order valence-corrected chi connectivity index (χ3v) is 4.37. The Hall–Kier alpha value is -2.49. The normalized spacial score (nSPS) is 10.4. The molecule has 0 aliphatic rings. The third-order valence-electron chi connectivity index (χ3n) is 4.37. The van der Waals surface area contributed by atoms with E-state index in [1.165, 1.54) is 11.1 Å². The second kappa shape index (κ2) is 9.11. The molecule has 0 radical (unpaired) electrons. The monoisotopic (exact) mass is 341 g/mol. The molecule has 0 atom stereocenters. The Morgan fingerprint density at radius 3 is 2.48 bits per heavy atom. The first-order valence-corrected chi connectivity index (χ1v) is 8.72. The van der Waals surface area contributed by atoms with Crippen LogP contribution >= 0.6 is 0 Å². The summed E-state index contributed by atoms with van der Waals surface area (Å²) in [5.41, 5.74) is 4.33. The largest absolute Gasteiger partial charge is 0.496 e. The molecule has 0 unspecified atom stereocenters. The number of benzene rings is 2. The van der Waals surface area contributed by atoms with E-state index >= 15 is 0 Å². The van der Waals surface area contributed by atoms with Crippen LogP contribution in [-0.2, 0) is 30.7 Å². The minimum absolute atomic E-state index is 0.0314. The van der Waals surface area contributed by atoms with Crippen LogP contribution in [0.4, 0.5) is 0 Å². The van der Waals surface area contributed by atoms with Crippen molar-refractivity contribution in [3.05, 3.63) is 58.7 Å². The Morgan fingerprint density at radius 2 is 1.84 bits per heavy atom. The van der Waals surface area contributed by atoms with Crippen molar-refractivity contribution in [2.75, 3.05) is 14.2 Å². The van der Waals surface area contributed by atoms with Crippen molar-refractivity contribution >= 4 is 5.91 Å². The highest BCUT2D eigenvalue weighted by molar-refractivity contribution is 5.78. The molecule has 0 heterocycles. The van der Waals surface area contributed by atoms with Crippen LogP contribution in [0.5, 0.6) is 11.5 Å². The number of hydrogen-bond donors (Lipinski definition) is 1. The Kier molecular flexibility index (Phi) is 6.87. The molecule has 4 nitrogen and oxygen atoms in total. The highest BCUT2D eigenvalue weighted by atomic mass is 16.5. The van der Waals surface area contributed by atoms with Crippen molar-refractivity contribution in [3.63, 3.8) is 0 Å². The van der Waals surface area contributed by atoms with Crippen LogP contribution in [0.2, 0.25) is 0 Å². The van der Waals surface area contributed by atoms with Crippen molar-refractivity contribution in [1.82, 2.24) is 5.32 Å². The number of hydrogen-bond acceptors (Lipinski definition) is 3. The molecule has 1 amide bonds. The minimum Gasteiger partial charge on any atom is -0.496 e. The molecule has 0 saturated heterocycles. The van der Waals surface area contributed by atoms with E-state index in [4.69, 9.17) is 9.47 Å². The lowest BCUT2D eigenvalue weighted by molar-refractivity contribution is -0.119. The lowest BCUT2D eigenvalue weighted by atomic mass is 10.0. The van der Waals surface area contributed by atoms with Gasteiger partial charge < -0.3 is 14.8 Å². The first-order chi connectivity index (χ1) is 12.1. The molecule has 0 aromatic heterocycles. The summed E-state index contributed by atoms with van der Waals surface area (Å²) in [4.78, 5) is 11.8. The maximum atomic E-state index is 11.8. The van der Waals surface area contributed by atoms with E-state index in [1.807, 2.05) is 24.3 Å². The summed E-state index contributed by atoms with van der Waals surface area (Å²) < 4.78 is 11.6. The van der Waals surface area contributed by atoms with Crippen LogP contribution < -0.4 is 14.8 Å². The number of likely N-dealkylation sites (N-methyl/N-ethyl adjacent to an activating group) is 1. The van der Waals surface area contributed by atoms with Crippen molar-refractivity contribution in [1.29, 1.82) is 0 Å². The highest BCUT2D eigenvalue weighted by Crippen LogP contribution is 2.27. The van der Waals surface area contributed by atoms with E-state index in [9.17, 15) is 4.79 Å². The summed E-state index contributed by atoms with van der Waals surface area (Å²) >= 11 is 0. The second-order valence-corrected chi connectivity index (χ2v) is 5.89. The van der Waals surface area contributed by atoms with Gasteiger partial charge in [-0.2, -0.15) is 0 Å².